The molecule has 21 heavy (non-hydrogen) atoms. The van der Waals surface area contributed by atoms with Crippen LogP contribution in [-0.4, -0.2) is 29.1 Å². The second kappa shape index (κ2) is 6.63. The van der Waals surface area contributed by atoms with E-state index < -0.39 is 18.2 Å². The molecule has 0 heterocycles. The molecule has 0 unspecified atom stereocenters. The maximum Gasteiger partial charge on any atom is 0.191 e. The lowest BCUT2D eigenvalue weighted by Gasteiger charge is -2.37. The number of benzene rings is 1. The summed E-state index contributed by atoms with van der Waals surface area (Å²) in [4.78, 5) is 0.393. The summed E-state index contributed by atoms with van der Waals surface area (Å²) in [6.45, 7) is 13.4. The molecule has 1 atom stereocenters. The molecule has 0 amide bonds. The van der Waals surface area contributed by atoms with Crippen molar-refractivity contribution in [3.8, 4) is 0 Å². The minimum Gasteiger partial charge on any atom is -0.417 e. The van der Waals surface area contributed by atoms with Gasteiger partial charge in [-0.2, -0.15) is 0 Å². The van der Waals surface area contributed by atoms with Gasteiger partial charge >= 0.3 is 0 Å². The molecule has 0 N–H and O–H groups in total. The zero-order chi connectivity index (χ0) is 16.3. The molecule has 0 aromatic heterocycles. The topological polar surface area (TPSA) is 43.4 Å². The van der Waals surface area contributed by atoms with Gasteiger partial charge in [0.15, 0.2) is 18.2 Å². The van der Waals surface area contributed by atoms with Crippen molar-refractivity contribution < 1.29 is 12.8 Å². The lowest BCUT2D eigenvalue weighted by molar-refractivity contribution is 0.248. The third kappa shape index (κ3) is 5.24. The Labute approximate surface area is 130 Å². The third-order valence-corrected chi connectivity index (χ3v) is 10.6. The molecule has 0 fully saturated rings. The van der Waals surface area contributed by atoms with Crippen molar-refractivity contribution in [2.24, 2.45) is 5.92 Å². The van der Waals surface area contributed by atoms with Crippen LogP contribution in [0.15, 0.2) is 35.2 Å². The summed E-state index contributed by atoms with van der Waals surface area (Å²) in [5.74, 6) is 0.121. The predicted molar refractivity (Wildman–Crippen MR) is 90.8 cm³/mol. The molecule has 0 saturated carbocycles. The molecule has 1 aromatic rings. The fraction of sp³-hybridized carbons (Fsp3) is 0.625. The second-order valence-electron chi connectivity index (χ2n) is 7.27. The van der Waals surface area contributed by atoms with Crippen molar-refractivity contribution in [2.75, 3.05) is 12.4 Å². The van der Waals surface area contributed by atoms with E-state index in [9.17, 15) is 8.42 Å². The number of sulfone groups is 1. The van der Waals surface area contributed by atoms with Crippen LogP contribution in [0.3, 0.4) is 0 Å². The van der Waals surface area contributed by atoms with E-state index in [-0.39, 0.29) is 16.7 Å². The van der Waals surface area contributed by atoms with Crippen molar-refractivity contribution in [1.82, 2.24) is 0 Å². The van der Waals surface area contributed by atoms with Crippen LogP contribution >= 0.6 is 0 Å². The molecule has 3 nitrogen and oxygen atoms in total. The average molecular weight is 329 g/mol. The summed E-state index contributed by atoms with van der Waals surface area (Å²) in [5.41, 5.74) is 0. The second-order valence-corrected chi connectivity index (χ2v) is 14.1. The molecule has 0 aliphatic rings. The Morgan fingerprint density at radius 1 is 1.14 bits per heavy atom. The van der Waals surface area contributed by atoms with Gasteiger partial charge < -0.3 is 4.43 Å². The van der Waals surface area contributed by atoms with Gasteiger partial charge in [0.25, 0.3) is 0 Å². The Bertz CT molecular complexity index is 545. The summed E-state index contributed by atoms with van der Waals surface area (Å²) in [5, 5.41) is 0.144. The molecule has 0 aliphatic heterocycles. The largest absolute Gasteiger partial charge is 0.417 e. The van der Waals surface area contributed by atoms with Crippen molar-refractivity contribution in [3.05, 3.63) is 30.3 Å². The highest BCUT2D eigenvalue weighted by atomic mass is 32.2. The van der Waals surface area contributed by atoms with E-state index in [0.29, 0.717) is 11.5 Å². The highest BCUT2D eigenvalue weighted by Gasteiger charge is 2.37. The fourth-order valence-corrected chi connectivity index (χ4v) is 4.46. The van der Waals surface area contributed by atoms with Gasteiger partial charge in [-0.1, -0.05) is 45.9 Å². The van der Waals surface area contributed by atoms with Gasteiger partial charge in [-0.05, 0) is 36.2 Å². The first-order valence-corrected chi connectivity index (χ1v) is 11.9. The van der Waals surface area contributed by atoms with Gasteiger partial charge in [0.2, 0.25) is 0 Å². The summed E-state index contributed by atoms with van der Waals surface area (Å²) in [7, 11) is -5.04. The van der Waals surface area contributed by atoms with Gasteiger partial charge in [0, 0.05) is 6.61 Å². The van der Waals surface area contributed by atoms with Gasteiger partial charge in [-0.3, -0.25) is 0 Å². The summed E-state index contributed by atoms with van der Waals surface area (Å²) in [6, 6.07) is 8.63. The van der Waals surface area contributed by atoms with Crippen LogP contribution < -0.4 is 0 Å². The van der Waals surface area contributed by atoms with E-state index in [1.807, 2.05) is 13.0 Å². The molecule has 0 radical (unpaired) electrons. The molecule has 1 rings (SSSR count). The first kappa shape index (κ1) is 18.4. The molecule has 1 aromatic carbocycles. The van der Waals surface area contributed by atoms with E-state index in [0.717, 1.165) is 0 Å². The van der Waals surface area contributed by atoms with Crippen molar-refractivity contribution in [3.63, 3.8) is 0 Å². The van der Waals surface area contributed by atoms with E-state index in [2.05, 4.69) is 33.9 Å². The Morgan fingerprint density at radius 2 is 1.67 bits per heavy atom. The van der Waals surface area contributed by atoms with Gasteiger partial charge in [0.1, 0.15) is 0 Å². The van der Waals surface area contributed by atoms with Crippen LogP contribution in [0.5, 0.6) is 0 Å². The molecule has 5 heteroatoms. The van der Waals surface area contributed by atoms with E-state index in [1.54, 1.807) is 24.3 Å². The van der Waals surface area contributed by atoms with Crippen molar-refractivity contribution >= 4 is 18.2 Å². The lowest BCUT2D eigenvalue weighted by atomic mass is 10.2. The summed E-state index contributed by atoms with van der Waals surface area (Å²) >= 11 is 0. The monoisotopic (exact) mass is 328 g/mol. The minimum atomic E-state index is -3.23. The molecular weight excluding hydrogens is 300 g/mol. The highest BCUT2D eigenvalue weighted by molar-refractivity contribution is 7.91. The molecule has 0 saturated heterocycles. The summed E-state index contributed by atoms with van der Waals surface area (Å²) < 4.78 is 30.8. The molecule has 0 spiro atoms. The molecule has 0 aliphatic carbocycles. The van der Waals surface area contributed by atoms with Crippen molar-refractivity contribution in [2.45, 2.75) is 50.7 Å². The maximum absolute atomic E-state index is 12.3. The maximum atomic E-state index is 12.3. The van der Waals surface area contributed by atoms with Gasteiger partial charge in [-0.15, -0.1) is 0 Å². The summed E-state index contributed by atoms with van der Waals surface area (Å²) in [6.07, 6.45) is 0. The van der Waals surface area contributed by atoms with Gasteiger partial charge in [-0.25, -0.2) is 8.42 Å². The standard InChI is InChI=1S/C16H28O3SSi/c1-14(12-19-21(5,6)16(2,3)4)13-20(17,18)15-10-8-7-9-11-15/h7-11,14H,12-13H2,1-6H3/t14-/m1/s1. The van der Waals surface area contributed by atoms with Crippen LogP contribution in [0.1, 0.15) is 27.7 Å². The fourth-order valence-electron chi connectivity index (χ4n) is 1.71. The van der Waals surface area contributed by atoms with Crippen molar-refractivity contribution in [1.29, 1.82) is 0 Å². The smallest absolute Gasteiger partial charge is 0.191 e. The normalized spacial score (nSPS) is 15.0. The number of rotatable bonds is 6. The predicted octanol–water partition coefficient (Wildman–Crippen LogP) is 4.12. The SMILES string of the molecule is C[C@H](CO[Si](C)(C)C(C)(C)C)CS(=O)(=O)c1ccccc1. The van der Waals surface area contributed by atoms with Crippen LogP contribution in [0, 0.1) is 5.92 Å². The quantitative estimate of drug-likeness (QED) is 0.738. The highest BCUT2D eigenvalue weighted by Crippen LogP contribution is 2.36. The zero-order valence-electron chi connectivity index (χ0n) is 14.0. The van der Waals surface area contributed by atoms with Crippen LogP contribution in [-0.2, 0) is 14.3 Å². The Morgan fingerprint density at radius 3 is 2.14 bits per heavy atom. The van der Waals surface area contributed by atoms with Crippen LogP contribution in [0.2, 0.25) is 18.1 Å². The molecule has 0 bridgehead atoms. The number of hydrogen-bond acceptors (Lipinski definition) is 3. The first-order valence-electron chi connectivity index (χ1n) is 7.37. The van der Waals surface area contributed by atoms with E-state index in [1.165, 1.54) is 0 Å². The Kier molecular flexibility index (Phi) is 5.81. The third-order valence-electron chi connectivity index (χ3n) is 4.14. The average Bonchev–Trinajstić information content (AvgIpc) is 2.36. The molecule has 120 valence electrons. The minimum absolute atomic E-state index is 0.00988. The van der Waals surface area contributed by atoms with E-state index in [4.69, 9.17) is 4.43 Å². The molecular formula is C16H28O3SSi. The van der Waals surface area contributed by atoms with Crippen LogP contribution in [0.25, 0.3) is 0 Å². The Hall–Kier alpha value is -0.653. The van der Waals surface area contributed by atoms with Crippen LogP contribution in [0.4, 0.5) is 0 Å². The number of hydrogen-bond donors (Lipinski definition) is 0. The van der Waals surface area contributed by atoms with Gasteiger partial charge in [0.05, 0.1) is 10.6 Å². The lowest BCUT2D eigenvalue weighted by Crippen LogP contribution is -2.42. The van der Waals surface area contributed by atoms with E-state index >= 15 is 0 Å². The zero-order valence-corrected chi connectivity index (χ0v) is 15.8. The Balaban J connectivity index is 2.65. The first-order chi connectivity index (χ1) is 9.46.